The number of carbonyl (C=O) groups is 1. The molecule has 2 atom stereocenters. The third kappa shape index (κ3) is 5.16. The minimum absolute atomic E-state index is 0.0344. The van der Waals surface area contributed by atoms with E-state index in [1.165, 1.54) is 24.5 Å². The summed E-state index contributed by atoms with van der Waals surface area (Å²) in [7, 11) is -0.319. The normalized spacial score (nSPS) is 21.9. The van der Waals surface area contributed by atoms with Crippen LogP contribution in [-0.2, 0) is 19.6 Å². The minimum Gasteiger partial charge on any atom is -0.379 e. The zero-order chi connectivity index (χ0) is 16.9. The molecule has 0 spiro atoms. The van der Waals surface area contributed by atoms with Gasteiger partial charge >= 0.3 is 0 Å². The maximum Gasteiger partial charge on any atom is 0.244 e. The number of carbonyl (C=O) groups excluding carboxylic acids is 1. The number of amides is 1. The van der Waals surface area contributed by atoms with Crippen LogP contribution in [0.25, 0.3) is 6.08 Å². The molecule has 1 aromatic rings. The van der Waals surface area contributed by atoms with Crippen LogP contribution in [0, 0.1) is 5.92 Å². The summed E-state index contributed by atoms with van der Waals surface area (Å²) >= 11 is 0. The van der Waals surface area contributed by atoms with Gasteiger partial charge in [-0.1, -0.05) is 30.3 Å². The molecular formula is C16H22N2O4S. The highest BCUT2D eigenvalue weighted by Crippen LogP contribution is 2.17. The molecule has 6 nitrogen and oxygen atoms in total. The molecule has 1 fully saturated rings. The molecule has 1 aliphatic heterocycles. The van der Waals surface area contributed by atoms with E-state index >= 15 is 0 Å². The van der Waals surface area contributed by atoms with Crippen molar-refractivity contribution in [2.75, 3.05) is 33.1 Å². The molecule has 7 heteroatoms. The van der Waals surface area contributed by atoms with Crippen LogP contribution >= 0.6 is 0 Å². The smallest absolute Gasteiger partial charge is 0.244 e. The Bertz CT molecular complexity index is 656. The molecule has 0 aromatic heterocycles. The number of hydrogen-bond acceptors (Lipinski definition) is 4. The first-order valence-electron chi connectivity index (χ1n) is 7.40. The lowest BCUT2D eigenvalue weighted by molar-refractivity contribution is -0.117. The van der Waals surface area contributed by atoms with Gasteiger partial charge in [-0.05, 0) is 11.6 Å². The SMILES string of the molecule is CN(C)S(=O)(=O)C[C@@H]1COC[C@H]1NC(=O)/C=C/c1ccccc1. The van der Waals surface area contributed by atoms with Gasteiger partial charge in [0, 0.05) is 26.1 Å². The van der Waals surface area contributed by atoms with Crippen LogP contribution in [0.2, 0.25) is 0 Å². The van der Waals surface area contributed by atoms with E-state index in [0.717, 1.165) is 5.56 Å². The quantitative estimate of drug-likeness (QED) is 0.776. The highest BCUT2D eigenvalue weighted by atomic mass is 32.2. The van der Waals surface area contributed by atoms with Crippen LogP contribution in [0.1, 0.15) is 5.56 Å². The van der Waals surface area contributed by atoms with Crippen LogP contribution in [0.3, 0.4) is 0 Å². The molecular weight excluding hydrogens is 316 g/mol. The molecule has 1 aromatic carbocycles. The first-order valence-corrected chi connectivity index (χ1v) is 9.01. The topological polar surface area (TPSA) is 75.7 Å². The zero-order valence-corrected chi connectivity index (χ0v) is 14.1. The fraction of sp³-hybridized carbons (Fsp3) is 0.438. The Morgan fingerprint density at radius 1 is 1.30 bits per heavy atom. The Balaban J connectivity index is 1.93. The molecule has 1 heterocycles. The Labute approximate surface area is 137 Å². The molecule has 0 saturated carbocycles. The lowest BCUT2D eigenvalue weighted by Gasteiger charge is -2.20. The average molecular weight is 338 g/mol. The third-order valence-electron chi connectivity index (χ3n) is 3.73. The average Bonchev–Trinajstić information content (AvgIpc) is 2.92. The van der Waals surface area contributed by atoms with Crippen LogP contribution < -0.4 is 5.32 Å². The predicted molar refractivity (Wildman–Crippen MR) is 89.2 cm³/mol. The Morgan fingerprint density at radius 2 is 2.00 bits per heavy atom. The molecule has 1 N–H and O–H groups in total. The van der Waals surface area contributed by atoms with Gasteiger partial charge in [-0.3, -0.25) is 4.79 Å². The van der Waals surface area contributed by atoms with Crippen LogP contribution in [0.4, 0.5) is 0 Å². The summed E-state index contributed by atoms with van der Waals surface area (Å²) in [6.07, 6.45) is 3.17. The van der Waals surface area contributed by atoms with Crippen LogP contribution in [-0.4, -0.2) is 57.7 Å². The van der Waals surface area contributed by atoms with Crippen molar-refractivity contribution in [1.82, 2.24) is 9.62 Å². The van der Waals surface area contributed by atoms with Crippen molar-refractivity contribution in [1.29, 1.82) is 0 Å². The largest absolute Gasteiger partial charge is 0.379 e. The van der Waals surface area contributed by atoms with Gasteiger partial charge in [0.15, 0.2) is 0 Å². The first kappa shape index (κ1) is 17.7. The Morgan fingerprint density at radius 3 is 2.65 bits per heavy atom. The lowest BCUT2D eigenvalue weighted by atomic mass is 10.1. The van der Waals surface area contributed by atoms with Gasteiger partial charge in [0.2, 0.25) is 15.9 Å². The molecule has 23 heavy (non-hydrogen) atoms. The highest BCUT2D eigenvalue weighted by Gasteiger charge is 2.33. The molecule has 1 saturated heterocycles. The van der Waals surface area contributed by atoms with Gasteiger partial charge in [-0.2, -0.15) is 0 Å². The van der Waals surface area contributed by atoms with E-state index in [1.807, 2.05) is 30.3 Å². The maximum atomic E-state index is 12.0. The van der Waals surface area contributed by atoms with Crippen LogP contribution in [0.5, 0.6) is 0 Å². The molecule has 126 valence electrons. The molecule has 2 rings (SSSR count). The van der Waals surface area contributed by atoms with E-state index in [2.05, 4.69) is 5.32 Å². The van der Waals surface area contributed by atoms with E-state index in [-0.39, 0.29) is 23.6 Å². The Hall–Kier alpha value is -1.70. The molecule has 0 bridgehead atoms. The number of ether oxygens (including phenoxy) is 1. The summed E-state index contributed by atoms with van der Waals surface area (Å²) in [5, 5.41) is 2.83. The Kier molecular flexibility index (Phi) is 5.92. The van der Waals surface area contributed by atoms with Gasteiger partial charge in [0.25, 0.3) is 0 Å². The number of sulfonamides is 1. The van der Waals surface area contributed by atoms with Crippen molar-refractivity contribution in [3.8, 4) is 0 Å². The van der Waals surface area contributed by atoms with Gasteiger partial charge in [-0.25, -0.2) is 12.7 Å². The second-order valence-electron chi connectivity index (χ2n) is 5.72. The van der Waals surface area contributed by atoms with Crippen molar-refractivity contribution in [2.24, 2.45) is 5.92 Å². The second kappa shape index (κ2) is 7.72. The fourth-order valence-corrected chi connectivity index (χ4v) is 3.48. The molecule has 0 unspecified atom stereocenters. The number of rotatable bonds is 6. The molecule has 0 radical (unpaired) electrons. The van der Waals surface area contributed by atoms with Crippen molar-refractivity contribution in [3.05, 3.63) is 42.0 Å². The summed E-state index contributed by atoms with van der Waals surface area (Å²) in [4.78, 5) is 12.0. The van der Waals surface area contributed by atoms with E-state index in [4.69, 9.17) is 4.74 Å². The fourth-order valence-electron chi connectivity index (χ4n) is 2.31. The highest BCUT2D eigenvalue weighted by molar-refractivity contribution is 7.89. The van der Waals surface area contributed by atoms with E-state index in [1.54, 1.807) is 6.08 Å². The predicted octanol–water partition coefficient (Wildman–Crippen LogP) is 0.722. The number of benzene rings is 1. The van der Waals surface area contributed by atoms with Crippen molar-refractivity contribution in [2.45, 2.75) is 6.04 Å². The number of nitrogens with zero attached hydrogens (tertiary/aromatic N) is 1. The van der Waals surface area contributed by atoms with E-state index in [0.29, 0.717) is 13.2 Å². The van der Waals surface area contributed by atoms with Gasteiger partial charge in [0.05, 0.1) is 25.0 Å². The number of hydrogen-bond donors (Lipinski definition) is 1. The standard InChI is InChI=1S/C16H22N2O4S/c1-18(2)23(20,21)12-14-10-22-11-15(14)17-16(19)9-8-13-6-4-3-5-7-13/h3-9,14-15H,10-12H2,1-2H3,(H,17,19)/b9-8+/t14-,15+/m0/s1. The summed E-state index contributed by atoms with van der Waals surface area (Å²) in [5.41, 5.74) is 0.928. The van der Waals surface area contributed by atoms with Crippen molar-refractivity contribution < 1.29 is 17.9 Å². The first-order chi connectivity index (χ1) is 10.9. The molecule has 1 amide bonds. The lowest BCUT2D eigenvalue weighted by Crippen LogP contribution is -2.43. The summed E-state index contributed by atoms with van der Waals surface area (Å²) in [5.74, 6) is -0.527. The third-order valence-corrected chi connectivity index (χ3v) is 5.70. The molecule has 0 aliphatic carbocycles. The molecule has 1 aliphatic rings. The summed E-state index contributed by atoms with van der Waals surface area (Å²) in [6, 6.07) is 9.19. The monoisotopic (exact) mass is 338 g/mol. The van der Waals surface area contributed by atoms with Crippen molar-refractivity contribution in [3.63, 3.8) is 0 Å². The number of nitrogens with one attached hydrogen (secondary N) is 1. The maximum absolute atomic E-state index is 12.0. The second-order valence-corrected chi connectivity index (χ2v) is 7.95. The zero-order valence-electron chi connectivity index (χ0n) is 13.3. The van der Waals surface area contributed by atoms with Gasteiger partial charge < -0.3 is 10.1 Å². The van der Waals surface area contributed by atoms with E-state index < -0.39 is 10.0 Å². The summed E-state index contributed by atoms with van der Waals surface area (Å²) in [6.45, 7) is 0.666. The van der Waals surface area contributed by atoms with Crippen molar-refractivity contribution >= 4 is 22.0 Å². The summed E-state index contributed by atoms with van der Waals surface area (Å²) < 4.78 is 30.5. The van der Waals surface area contributed by atoms with E-state index in [9.17, 15) is 13.2 Å². The van der Waals surface area contributed by atoms with Gasteiger partial charge in [-0.15, -0.1) is 0 Å². The van der Waals surface area contributed by atoms with Gasteiger partial charge in [0.1, 0.15) is 0 Å². The van der Waals surface area contributed by atoms with Crippen LogP contribution in [0.15, 0.2) is 36.4 Å². The minimum atomic E-state index is -3.32.